The van der Waals surface area contributed by atoms with E-state index in [4.69, 9.17) is 4.52 Å². The van der Waals surface area contributed by atoms with Crippen molar-refractivity contribution in [2.75, 3.05) is 11.9 Å². The van der Waals surface area contributed by atoms with E-state index in [1.54, 1.807) is 6.92 Å². The Morgan fingerprint density at radius 2 is 1.91 bits per heavy atom. The lowest BCUT2D eigenvalue weighted by atomic mass is 10.1. The number of aliphatic hydroxyl groups is 1. The molecule has 3 rings (SSSR count). The molecule has 5 heteroatoms. The highest BCUT2D eigenvalue weighted by Crippen LogP contribution is 2.21. The second-order valence-corrected chi connectivity index (χ2v) is 5.50. The van der Waals surface area contributed by atoms with Gasteiger partial charge in [0.1, 0.15) is 11.5 Å². The summed E-state index contributed by atoms with van der Waals surface area (Å²) in [7, 11) is 1.93. The highest BCUT2D eigenvalue weighted by atomic mass is 16.5. The van der Waals surface area contributed by atoms with Crippen LogP contribution in [0.2, 0.25) is 0 Å². The van der Waals surface area contributed by atoms with Crippen molar-refractivity contribution in [2.24, 2.45) is 0 Å². The van der Waals surface area contributed by atoms with E-state index in [1.165, 1.54) is 0 Å². The maximum Gasteiger partial charge on any atom is 0.156 e. The predicted octanol–water partition coefficient (Wildman–Crippen LogP) is 3.43. The molecular weight excluding hydrogens is 290 g/mol. The molecule has 3 aromatic rings. The SMILES string of the molecule is C[C@H](O)c1cccc(N(C)Cc2cc(-c3ccccc3)no2)n1. The normalized spacial score (nSPS) is 12.1. The average Bonchev–Trinajstić information content (AvgIpc) is 3.04. The zero-order valence-corrected chi connectivity index (χ0v) is 13.2. The molecule has 0 amide bonds. The molecule has 0 saturated carbocycles. The molecular formula is C18H19N3O2. The molecule has 2 heterocycles. The number of aromatic nitrogens is 2. The zero-order valence-electron chi connectivity index (χ0n) is 13.2. The Bertz CT molecular complexity index is 769. The topological polar surface area (TPSA) is 62.4 Å². The Labute approximate surface area is 135 Å². The first kappa shape index (κ1) is 15.2. The summed E-state index contributed by atoms with van der Waals surface area (Å²) < 4.78 is 5.42. The molecule has 1 aromatic carbocycles. The summed E-state index contributed by atoms with van der Waals surface area (Å²) in [5.41, 5.74) is 2.50. The van der Waals surface area contributed by atoms with E-state index < -0.39 is 6.10 Å². The van der Waals surface area contributed by atoms with Crippen molar-refractivity contribution >= 4 is 5.82 Å². The van der Waals surface area contributed by atoms with Crippen molar-refractivity contribution in [3.8, 4) is 11.3 Å². The molecule has 0 fully saturated rings. The third-order valence-electron chi connectivity index (χ3n) is 3.60. The van der Waals surface area contributed by atoms with Gasteiger partial charge in [-0.3, -0.25) is 0 Å². The molecule has 0 aliphatic rings. The van der Waals surface area contributed by atoms with E-state index >= 15 is 0 Å². The van der Waals surface area contributed by atoms with Crippen LogP contribution in [0.5, 0.6) is 0 Å². The minimum absolute atomic E-state index is 0.552. The fraction of sp³-hybridized carbons (Fsp3) is 0.222. The lowest BCUT2D eigenvalue weighted by Crippen LogP contribution is -2.18. The number of hydrogen-bond donors (Lipinski definition) is 1. The number of anilines is 1. The smallest absolute Gasteiger partial charge is 0.156 e. The minimum atomic E-state index is -0.585. The van der Waals surface area contributed by atoms with Gasteiger partial charge in [-0.1, -0.05) is 41.6 Å². The molecule has 1 N–H and O–H groups in total. The number of pyridine rings is 1. The van der Waals surface area contributed by atoms with Gasteiger partial charge in [0.2, 0.25) is 0 Å². The number of aliphatic hydroxyl groups excluding tert-OH is 1. The van der Waals surface area contributed by atoms with Gasteiger partial charge in [0.25, 0.3) is 0 Å². The van der Waals surface area contributed by atoms with Crippen LogP contribution in [-0.2, 0) is 6.54 Å². The van der Waals surface area contributed by atoms with Crippen molar-refractivity contribution in [3.05, 3.63) is 66.1 Å². The fourth-order valence-corrected chi connectivity index (χ4v) is 2.33. The molecule has 0 unspecified atom stereocenters. The zero-order chi connectivity index (χ0) is 16.2. The number of hydrogen-bond acceptors (Lipinski definition) is 5. The fourth-order valence-electron chi connectivity index (χ4n) is 2.33. The van der Waals surface area contributed by atoms with Crippen LogP contribution in [0.4, 0.5) is 5.82 Å². The maximum absolute atomic E-state index is 9.64. The lowest BCUT2D eigenvalue weighted by Gasteiger charge is -2.17. The third-order valence-corrected chi connectivity index (χ3v) is 3.60. The van der Waals surface area contributed by atoms with Gasteiger partial charge in [0.15, 0.2) is 5.76 Å². The van der Waals surface area contributed by atoms with E-state index in [0.29, 0.717) is 12.2 Å². The molecule has 0 radical (unpaired) electrons. The Hall–Kier alpha value is -2.66. The van der Waals surface area contributed by atoms with Crippen molar-refractivity contribution in [1.29, 1.82) is 0 Å². The summed E-state index contributed by atoms with van der Waals surface area (Å²) in [6.45, 7) is 2.25. The average molecular weight is 309 g/mol. The molecule has 0 aliphatic carbocycles. The molecule has 0 spiro atoms. The Balaban J connectivity index is 1.75. The highest BCUT2D eigenvalue weighted by molar-refractivity contribution is 5.58. The summed E-state index contributed by atoms with van der Waals surface area (Å²) >= 11 is 0. The summed E-state index contributed by atoms with van der Waals surface area (Å²) in [5, 5.41) is 13.8. The molecule has 0 bridgehead atoms. The number of nitrogens with zero attached hydrogens (tertiary/aromatic N) is 3. The summed E-state index contributed by atoms with van der Waals surface area (Å²) in [5.74, 6) is 1.54. The van der Waals surface area contributed by atoms with Crippen LogP contribution in [0, 0.1) is 0 Å². The first-order chi connectivity index (χ1) is 11.1. The molecule has 1 atom stereocenters. The van der Waals surface area contributed by atoms with Crippen LogP contribution in [0.15, 0.2) is 59.1 Å². The highest BCUT2D eigenvalue weighted by Gasteiger charge is 2.11. The van der Waals surface area contributed by atoms with Crippen LogP contribution in [0.3, 0.4) is 0 Å². The van der Waals surface area contributed by atoms with E-state index in [-0.39, 0.29) is 0 Å². The Kier molecular flexibility index (Phi) is 4.39. The Morgan fingerprint density at radius 1 is 1.13 bits per heavy atom. The molecule has 23 heavy (non-hydrogen) atoms. The van der Waals surface area contributed by atoms with Gasteiger partial charge >= 0.3 is 0 Å². The van der Waals surface area contributed by atoms with Gasteiger partial charge in [0.05, 0.1) is 18.3 Å². The Morgan fingerprint density at radius 3 is 2.65 bits per heavy atom. The lowest BCUT2D eigenvalue weighted by molar-refractivity contribution is 0.194. The van der Waals surface area contributed by atoms with Gasteiger partial charge in [-0.05, 0) is 19.1 Å². The minimum Gasteiger partial charge on any atom is -0.387 e. The summed E-state index contributed by atoms with van der Waals surface area (Å²) in [6, 6.07) is 17.4. The second kappa shape index (κ2) is 6.62. The van der Waals surface area contributed by atoms with E-state index in [0.717, 1.165) is 22.8 Å². The van der Waals surface area contributed by atoms with E-state index in [9.17, 15) is 5.11 Å². The van der Waals surface area contributed by atoms with Crippen LogP contribution < -0.4 is 4.90 Å². The van der Waals surface area contributed by atoms with E-state index in [2.05, 4.69) is 10.1 Å². The first-order valence-corrected chi connectivity index (χ1v) is 7.50. The molecule has 0 saturated heterocycles. The van der Waals surface area contributed by atoms with Gasteiger partial charge in [-0.15, -0.1) is 0 Å². The number of rotatable bonds is 5. The summed E-state index contributed by atoms with van der Waals surface area (Å²) in [6.07, 6.45) is -0.585. The van der Waals surface area contributed by atoms with Crippen LogP contribution in [-0.4, -0.2) is 22.3 Å². The predicted molar refractivity (Wildman–Crippen MR) is 88.9 cm³/mol. The van der Waals surface area contributed by atoms with E-state index in [1.807, 2.05) is 66.5 Å². The monoisotopic (exact) mass is 309 g/mol. The van der Waals surface area contributed by atoms with Gasteiger partial charge in [-0.25, -0.2) is 4.98 Å². The van der Waals surface area contributed by atoms with Crippen LogP contribution >= 0.6 is 0 Å². The van der Waals surface area contributed by atoms with Gasteiger partial charge in [0, 0.05) is 18.7 Å². The van der Waals surface area contributed by atoms with Crippen molar-refractivity contribution in [1.82, 2.24) is 10.1 Å². The van der Waals surface area contributed by atoms with Crippen LogP contribution in [0.25, 0.3) is 11.3 Å². The maximum atomic E-state index is 9.64. The van der Waals surface area contributed by atoms with Gasteiger partial charge < -0.3 is 14.5 Å². The quantitative estimate of drug-likeness (QED) is 0.782. The summed E-state index contributed by atoms with van der Waals surface area (Å²) in [4.78, 5) is 6.41. The molecule has 2 aromatic heterocycles. The van der Waals surface area contributed by atoms with Crippen molar-refractivity contribution in [2.45, 2.75) is 19.6 Å². The van der Waals surface area contributed by atoms with Gasteiger partial charge in [-0.2, -0.15) is 0 Å². The second-order valence-electron chi connectivity index (χ2n) is 5.50. The van der Waals surface area contributed by atoms with Crippen LogP contribution in [0.1, 0.15) is 24.5 Å². The standard InChI is InChI=1S/C18H19N3O2/c1-13(22)16-9-6-10-18(19-16)21(2)12-15-11-17(20-23-15)14-7-4-3-5-8-14/h3-11,13,22H,12H2,1-2H3/t13-/m0/s1. The molecule has 5 nitrogen and oxygen atoms in total. The largest absolute Gasteiger partial charge is 0.387 e. The molecule has 0 aliphatic heterocycles. The van der Waals surface area contributed by atoms with Crippen molar-refractivity contribution < 1.29 is 9.63 Å². The first-order valence-electron chi connectivity index (χ1n) is 7.50. The number of benzene rings is 1. The third kappa shape index (κ3) is 3.57. The molecule has 118 valence electrons. The van der Waals surface area contributed by atoms with Crippen molar-refractivity contribution in [3.63, 3.8) is 0 Å².